The summed E-state index contributed by atoms with van der Waals surface area (Å²) in [6.45, 7) is 6.33. The molecule has 1 fully saturated rings. The van der Waals surface area contributed by atoms with Crippen molar-refractivity contribution in [1.29, 1.82) is 5.26 Å². The second-order valence-electron chi connectivity index (χ2n) is 12.6. The number of methoxy groups -OCH3 is 1. The Morgan fingerprint density at radius 3 is 2.48 bits per heavy atom. The van der Waals surface area contributed by atoms with E-state index in [4.69, 9.17) is 14.4 Å². The molecule has 5 rings (SSSR count). The van der Waals surface area contributed by atoms with E-state index in [1.807, 2.05) is 62.8 Å². The zero-order valence-electron chi connectivity index (χ0n) is 26.9. The monoisotopic (exact) mass is 621 g/mol. The van der Waals surface area contributed by atoms with Crippen molar-refractivity contribution in [2.45, 2.75) is 71.5 Å². The predicted octanol–water partition coefficient (Wildman–Crippen LogP) is 6.97. The largest absolute Gasteiger partial charge is 0.467 e. The average molecular weight is 622 g/mol. The number of hydrogen-bond acceptors (Lipinski definition) is 7. The Kier molecular flexibility index (Phi) is 10.9. The van der Waals surface area contributed by atoms with E-state index in [2.05, 4.69) is 38.0 Å². The van der Waals surface area contributed by atoms with Gasteiger partial charge in [0.1, 0.15) is 11.8 Å². The second-order valence-corrected chi connectivity index (χ2v) is 12.6. The van der Waals surface area contributed by atoms with Crippen LogP contribution < -0.4 is 10.2 Å². The van der Waals surface area contributed by atoms with Gasteiger partial charge in [0.2, 0.25) is 0 Å². The highest BCUT2D eigenvalue weighted by molar-refractivity contribution is 5.95. The summed E-state index contributed by atoms with van der Waals surface area (Å²) >= 11 is 0. The molecule has 1 saturated carbocycles. The van der Waals surface area contributed by atoms with Crippen molar-refractivity contribution in [3.63, 3.8) is 0 Å². The number of carbonyl (C=O) groups is 2. The van der Waals surface area contributed by atoms with Gasteiger partial charge in [-0.3, -0.25) is 4.79 Å². The van der Waals surface area contributed by atoms with Gasteiger partial charge in [-0.25, -0.2) is 9.78 Å². The third-order valence-corrected chi connectivity index (χ3v) is 8.64. The molecule has 0 saturated heterocycles. The number of amides is 1. The molecule has 46 heavy (non-hydrogen) atoms. The van der Waals surface area contributed by atoms with Crippen molar-refractivity contribution in [2.24, 2.45) is 11.8 Å². The fraction of sp³-hybridized carbons (Fsp3) is 0.405. The van der Waals surface area contributed by atoms with Crippen LogP contribution in [0.25, 0.3) is 11.3 Å². The molecule has 4 aromatic rings. The van der Waals surface area contributed by atoms with Crippen molar-refractivity contribution >= 4 is 17.6 Å². The first-order valence-corrected chi connectivity index (χ1v) is 16.1. The molecule has 1 N–H and O–H groups in total. The summed E-state index contributed by atoms with van der Waals surface area (Å²) in [7, 11) is 1.32. The summed E-state index contributed by atoms with van der Waals surface area (Å²) in [5.41, 5.74) is 4.86. The molecule has 0 spiro atoms. The minimum atomic E-state index is -0.735. The van der Waals surface area contributed by atoms with E-state index < -0.39 is 17.9 Å². The molecule has 1 aliphatic carbocycles. The summed E-state index contributed by atoms with van der Waals surface area (Å²) in [5, 5.41) is 11.9. The molecular formula is C37H43N5O4. The summed E-state index contributed by atoms with van der Waals surface area (Å²) in [5.74, 6) is 0.644. The van der Waals surface area contributed by atoms with E-state index in [9.17, 15) is 9.59 Å². The van der Waals surface area contributed by atoms with Gasteiger partial charge in [-0.1, -0.05) is 45.2 Å². The van der Waals surface area contributed by atoms with Crippen LogP contribution in [-0.2, 0) is 22.6 Å². The van der Waals surface area contributed by atoms with Crippen molar-refractivity contribution in [2.75, 3.05) is 18.6 Å². The van der Waals surface area contributed by atoms with Crippen molar-refractivity contribution in [3.8, 4) is 17.4 Å². The van der Waals surface area contributed by atoms with E-state index in [1.54, 1.807) is 12.1 Å². The number of esters is 1. The highest BCUT2D eigenvalue weighted by Gasteiger charge is 2.25. The fourth-order valence-corrected chi connectivity index (χ4v) is 6.15. The van der Waals surface area contributed by atoms with Gasteiger partial charge in [-0.05, 0) is 85.2 Å². The maximum atomic E-state index is 12.9. The second kappa shape index (κ2) is 15.4. The Hall–Kier alpha value is -4.84. The number of aromatic nitrogens is 2. The zero-order chi connectivity index (χ0) is 32.5. The molecule has 9 nitrogen and oxygen atoms in total. The maximum Gasteiger partial charge on any atom is 0.328 e. The summed E-state index contributed by atoms with van der Waals surface area (Å²) < 4.78 is 13.0. The van der Waals surface area contributed by atoms with Gasteiger partial charge in [-0.15, -0.1) is 0 Å². The van der Waals surface area contributed by atoms with Crippen LogP contribution in [0.3, 0.4) is 0 Å². The quantitative estimate of drug-likeness (QED) is 0.160. The fourth-order valence-electron chi connectivity index (χ4n) is 6.15. The number of furan rings is 1. The van der Waals surface area contributed by atoms with Gasteiger partial charge in [0.25, 0.3) is 5.91 Å². The summed E-state index contributed by atoms with van der Waals surface area (Å²) in [6, 6.07) is 20.8. The van der Waals surface area contributed by atoms with Gasteiger partial charge in [0.05, 0.1) is 37.3 Å². The Morgan fingerprint density at radius 2 is 1.80 bits per heavy atom. The van der Waals surface area contributed by atoms with Crippen LogP contribution in [0, 0.1) is 23.2 Å². The minimum Gasteiger partial charge on any atom is -0.467 e. The number of carbonyl (C=O) groups excluding carboxylic acids is 2. The lowest BCUT2D eigenvalue weighted by Gasteiger charge is -2.31. The smallest absolute Gasteiger partial charge is 0.328 e. The Balaban J connectivity index is 1.31. The molecule has 1 aliphatic rings. The molecule has 0 aliphatic heterocycles. The van der Waals surface area contributed by atoms with Gasteiger partial charge in [0.15, 0.2) is 5.76 Å². The first-order valence-electron chi connectivity index (χ1n) is 16.1. The minimum absolute atomic E-state index is 0.145. The highest BCUT2D eigenvalue weighted by atomic mass is 16.5. The number of ether oxygens (including phenoxy) is 1. The Labute approximate surface area is 271 Å². The van der Waals surface area contributed by atoms with Crippen molar-refractivity contribution in [3.05, 3.63) is 95.8 Å². The lowest BCUT2D eigenvalue weighted by atomic mass is 9.89. The summed E-state index contributed by atoms with van der Waals surface area (Å²) in [6.07, 6.45) is 10.6. The molecule has 1 atom stereocenters. The third-order valence-electron chi connectivity index (χ3n) is 8.64. The van der Waals surface area contributed by atoms with Crippen LogP contribution in [0.2, 0.25) is 0 Å². The number of imidazole rings is 1. The van der Waals surface area contributed by atoms with E-state index in [1.165, 1.54) is 39.2 Å². The standard InChI is InChI=1S/C37H43N5O4/c1-26(2)19-33(37(44)45-3)40-36(43)35-18-17-34(46-35)30-13-15-31(16-14-30)41(22-28-7-5-4-6-8-28)24-32-21-39-25-42(32)23-29-11-9-27(20-38)10-12-29/h9-18,21,25-26,28,33H,4-8,19,22-24H2,1-3H3,(H,40,43). The predicted molar refractivity (Wildman–Crippen MR) is 177 cm³/mol. The number of nitriles is 1. The Bertz CT molecular complexity index is 1630. The number of hydrogen-bond donors (Lipinski definition) is 1. The van der Waals surface area contributed by atoms with Crippen molar-refractivity contribution < 1.29 is 18.7 Å². The number of nitrogens with zero attached hydrogens (tertiary/aromatic N) is 4. The van der Waals surface area contributed by atoms with Crippen LogP contribution in [0.1, 0.15) is 79.7 Å². The van der Waals surface area contributed by atoms with E-state index in [-0.39, 0.29) is 11.7 Å². The molecule has 2 aromatic carbocycles. The first kappa shape index (κ1) is 32.6. The molecule has 2 heterocycles. The molecule has 0 bridgehead atoms. The SMILES string of the molecule is COC(=O)C(CC(C)C)NC(=O)c1ccc(-c2ccc(N(Cc3cncn3Cc3ccc(C#N)cc3)CC3CCCCC3)cc2)o1. The van der Waals surface area contributed by atoms with Crippen LogP contribution in [0.5, 0.6) is 0 Å². The number of anilines is 1. The van der Waals surface area contributed by atoms with Gasteiger partial charge < -0.3 is 23.9 Å². The van der Waals surface area contributed by atoms with E-state index in [0.717, 1.165) is 35.6 Å². The Morgan fingerprint density at radius 1 is 1.07 bits per heavy atom. The van der Waals surface area contributed by atoms with Gasteiger partial charge in [0, 0.05) is 30.5 Å². The van der Waals surface area contributed by atoms with Crippen LogP contribution >= 0.6 is 0 Å². The van der Waals surface area contributed by atoms with Crippen LogP contribution in [-0.4, -0.2) is 41.1 Å². The van der Waals surface area contributed by atoms with Gasteiger partial charge >= 0.3 is 5.97 Å². The maximum absolute atomic E-state index is 12.9. The molecule has 1 amide bonds. The molecule has 2 aromatic heterocycles. The topological polar surface area (TPSA) is 113 Å². The lowest BCUT2D eigenvalue weighted by Crippen LogP contribution is -2.42. The third kappa shape index (κ3) is 8.45. The first-order chi connectivity index (χ1) is 22.3. The highest BCUT2D eigenvalue weighted by Crippen LogP contribution is 2.30. The number of nitrogens with one attached hydrogen (secondary N) is 1. The summed E-state index contributed by atoms with van der Waals surface area (Å²) in [4.78, 5) is 32.0. The number of benzene rings is 2. The van der Waals surface area contributed by atoms with E-state index in [0.29, 0.717) is 30.2 Å². The molecule has 240 valence electrons. The number of rotatable bonds is 13. The average Bonchev–Trinajstić information content (AvgIpc) is 3.75. The van der Waals surface area contributed by atoms with Crippen molar-refractivity contribution in [1.82, 2.24) is 14.9 Å². The lowest BCUT2D eigenvalue weighted by molar-refractivity contribution is -0.143. The zero-order valence-corrected chi connectivity index (χ0v) is 26.9. The van der Waals surface area contributed by atoms with Gasteiger partial charge in [-0.2, -0.15) is 5.26 Å². The normalized spacial score (nSPS) is 14.1. The van der Waals surface area contributed by atoms with Crippen LogP contribution in [0.4, 0.5) is 5.69 Å². The molecular weight excluding hydrogens is 578 g/mol. The van der Waals surface area contributed by atoms with E-state index >= 15 is 0 Å². The molecule has 9 heteroatoms. The van der Waals surface area contributed by atoms with Crippen LogP contribution in [0.15, 0.2) is 77.6 Å². The molecule has 0 radical (unpaired) electrons. The molecule has 1 unspecified atom stereocenters.